The fourth-order valence-corrected chi connectivity index (χ4v) is 2.97. The zero-order valence-corrected chi connectivity index (χ0v) is 14.2. The molecule has 0 saturated carbocycles. The minimum absolute atomic E-state index is 0.109. The summed E-state index contributed by atoms with van der Waals surface area (Å²) < 4.78 is 0. The molecule has 0 aliphatic carbocycles. The minimum atomic E-state index is -0.382. The molecule has 1 amide bonds. The van der Waals surface area contributed by atoms with E-state index in [-0.39, 0.29) is 11.3 Å². The predicted octanol–water partition coefficient (Wildman–Crippen LogP) is 2.87. The molecule has 0 saturated heterocycles. The molecular formula is C17H23N3OS. The summed E-state index contributed by atoms with van der Waals surface area (Å²) >= 11 is 1.71. The first-order valence-electron chi connectivity index (χ1n) is 7.40. The van der Waals surface area contributed by atoms with Crippen molar-refractivity contribution in [3.63, 3.8) is 0 Å². The van der Waals surface area contributed by atoms with Crippen molar-refractivity contribution in [3.05, 3.63) is 51.5 Å². The Hall–Kier alpha value is -1.72. The molecule has 118 valence electrons. The van der Waals surface area contributed by atoms with Gasteiger partial charge in [0.2, 0.25) is 5.91 Å². The van der Waals surface area contributed by atoms with E-state index in [1.165, 1.54) is 5.01 Å². The number of benzene rings is 1. The summed E-state index contributed by atoms with van der Waals surface area (Å²) in [6.45, 7) is 8.13. The van der Waals surface area contributed by atoms with Gasteiger partial charge in [0, 0.05) is 22.9 Å². The summed E-state index contributed by atoms with van der Waals surface area (Å²) in [5.41, 5.74) is 8.15. The van der Waals surface area contributed by atoms with Crippen LogP contribution >= 0.6 is 11.3 Å². The van der Waals surface area contributed by atoms with Crippen LogP contribution in [0.25, 0.3) is 0 Å². The van der Waals surface area contributed by atoms with E-state index in [0.717, 1.165) is 30.8 Å². The van der Waals surface area contributed by atoms with Crippen molar-refractivity contribution in [2.45, 2.75) is 39.2 Å². The monoisotopic (exact) mass is 317 g/mol. The van der Waals surface area contributed by atoms with E-state index in [1.54, 1.807) is 17.4 Å². The van der Waals surface area contributed by atoms with Crippen molar-refractivity contribution >= 4 is 17.2 Å². The molecule has 0 aliphatic rings. The number of amides is 1. The van der Waals surface area contributed by atoms with Crippen LogP contribution in [0.3, 0.4) is 0 Å². The van der Waals surface area contributed by atoms with Crippen LogP contribution < -0.4 is 11.1 Å². The molecule has 0 spiro atoms. The van der Waals surface area contributed by atoms with Gasteiger partial charge in [-0.05, 0) is 30.7 Å². The average Bonchev–Trinajstić information content (AvgIpc) is 2.93. The quantitative estimate of drug-likeness (QED) is 0.805. The Bertz CT molecular complexity index is 643. The van der Waals surface area contributed by atoms with Crippen molar-refractivity contribution in [1.29, 1.82) is 0 Å². The van der Waals surface area contributed by atoms with Crippen LogP contribution in [-0.2, 0) is 18.4 Å². The SMILES string of the molecule is CC(C)(C)c1nc(CNCCc2cccc(C(N)=O)c2)cs1. The fraction of sp³-hybridized carbons (Fsp3) is 0.412. The molecule has 4 nitrogen and oxygen atoms in total. The van der Waals surface area contributed by atoms with Crippen molar-refractivity contribution in [3.8, 4) is 0 Å². The van der Waals surface area contributed by atoms with Gasteiger partial charge in [0.1, 0.15) is 0 Å². The molecule has 0 bridgehead atoms. The normalized spacial score (nSPS) is 11.6. The third-order valence-corrected chi connectivity index (χ3v) is 4.62. The number of nitrogens with zero attached hydrogens (tertiary/aromatic N) is 1. The van der Waals surface area contributed by atoms with Crippen molar-refractivity contribution in [2.24, 2.45) is 5.73 Å². The van der Waals surface area contributed by atoms with Gasteiger partial charge in [-0.3, -0.25) is 4.79 Å². The molecule has 0 unspecified atom stereocenters. The van der Waals surface area contributed by atoms with E-state index >= 15 is 0 Å². The van der Waals surface area contributed by atoms with Crippen LogP contribution in [0.2, 0.25) is 0 Å². The Balaban J connectivity index is 1.81. The van der Waals surface area contributed by atoms with Gasteiger partial charge in [0.05, 0.1) is 10.7 Å². The van der Waals surface area contributed by atoms with E-state index in [2.05, 4.69) is 36.5 Å². The number of hydrogen-bond acceptors (Lipinski definition) is 4. The van der Waals surface area contributed by atoms with Gasteiger partial charge in [0.15, 0.2) is 0 Å². The molecule has 2 aromatic rings. The third kappa shape index (κ3) is 4.64. The lowest BCUT2D eigenvalue weighted by Gasteiger charge is -2.13. The van der Waals surface area contributed by atoms with E-state index in [9.17, 15) is 4.79 Å². The van der Waals surface area contributed by atoms with Gasteiger partial charge >= 0.3 is 0 Å². The number of primary amides is 1. The summed E-state index contributed by atoms with van der Waals surface area (Å²) in [4.78, 5) is 15.8. The molecule has 0 fully saturated rings. The molecule has 1 aromatic heterocycles. The van der Waals surface area contributed by atoms with Crippen LogP contribution in [0.15, 0.2) is 29.6 Å². The molecule has 0 atom stereocenters. The Labute approximate surface area is 135 Å². The summed E-state index contributed by atoms with van der Waals surface area (Å²) in [7, 11) is 0. The molecule has 1 aromatic carbocycles. The van der Waals surface area contributed by atoms with Crippen LogP contribution in [0.1, 0.15) is 47.4 Å². The average molecular weight is 317 g/mol. The van der Waals surface area contributed by atoms with Gasteiger partial charge in [-0.15, -0.1) is 11.3 Å². The lowest BCUT2D eigenvalue weighted by Crippen LogP contribution is -2.18. The number of nitrogens with one attached hydrogen (secondary N) is 1. The fourth-order valence-electron chi connectivity index (χ4n) is 2.06. The van der Waals surface area contributed by atoms with Gasteiger partial charge < -0.3 is 11.1 Å². The summed E-state index contributed by atoms with van der Waals surface area (Å²) in [6, 6.07) is 7.47. The first kappa shape index (κ1) is 16.6. The van der Waals surface area contributed by atoms with Gasteiger partial charge in [-0.25, -0.2) is 4.98 Å². The largest absolute Gasteiger partial charge is 0.366 e. The molecule has 22 heavy (non-hydrogen) atoms. The molecule has 0 radical (unpaired) electrons. The number of nitrogens with two attached hydrogens (primary N) is 1. The Morgan fingerprint density at radius 3 is 2.77 bits per heavy atom. The smallest absolute Gasteiger partial charge is 0.248 e. The van der Waals surface area contributed by atoms with Gasteiger partial charge in [-0.2, -0.15) is 0 Å². The van der Waals surface area contributed by atoms with E-state index in [1.807, 2.05) is 18.2 Å². The maximum atomic E-state index is 11.2. The summed E-state index contributed by atoms with van der Waals surface area (Å²) in [5, 5.41) is 6.67. The molecule has 3 N–H and O–H groups in total. The predicted molar refractivity (Wildman–Crippen MR) is 91.2 cm³/mol. The highest BCUT2D eigenvalue weighted by atomic mass is 32.1. The van der Waals surface area contributed by atoms with Crippen molar-refractivity contribution in [1.82, 2.24) is 10.3 Å². The van der Waals surface area contributed by atoms with Crippen LogP contribution in [-0.4, -0.2) is 17.4 Å². The van der Waals surface area contributed by atoms with Crippen LogP contribution in [0, 0.1) is 0 Å². The Kier molecular flexibility index (Phi) is 5.32. The number of hydrogen-bond donors (Lipinski definition) is 2. The zero-order valence-electron chi connectivity index (χ0n) is 13.3. The van der Waals surface area contributed by atoms with E-state index in [4.69, 9.17) is 5.73 Å². The molecule has 1 heterocycles. The second-order valence-electron chi connectivity index (χ2n) is 6.39. The Morgan fingerprint density at radius 1 is 1.36 bits per heavy atom. The topological polar surface area (TPSA) is 68.0 Å². The number of rotatable bonds is 6. The molecule has 2 rings (SSSR count). The van der Waals surface area contributed by atoms with Crippen LogP contribution in [0.4, 0.5) is 0 Å². The second kappa shape index (κ2) is 7.03. The maximum Gasteiger partial charge on any atom is 0.248 e. The molecule has 0 aliphatic heterocycles. The van der Waals surface area contributed by atoms with Crippen molar-refractivity contribution < 1.29 is 4.79 Å². The number of aromatic nitrogens is 1. The maximum absolute atomic E-state index is 11.2. The zero-order chi connectivity index (χ0) is 16.2. The number of carbonyl (C=O) groups excluding carboxylic acids is 1. The summed E-state index contributed by atoms with van der Waals surface area (Å²) in [6.07, 6.45) is 0.859. The first-order valence-corrected chi connectivity index (χ1v) is 8.28. The number of thiazole rings is 1. The Morgan fingerprint density at radius 2 is 2.14 bits per heavy atom. The van der Waals surface area contributed by atoms with Gasteiger partial charge in [-0.1, -0.05) is 32.9 Å². The highest BCUT2D eigenvalue weighted by molar-refractivity contribution is 7.09. The van der Waals surface area contributed by atoms with Gasteiger partial charge in [0.25, 0.3) is 0 Å². The van der Waals surface area contributed by atoms with E-state index in [0.29, 0.717) is 5.56 Å². The highest BCUT2D eigenvalue weighted by Crippen LogP contribution is 2.25. The van der Waals surface area contributed by atoms with E-state index < -0.39 is 0 Å². The minimum Gasteiger partial charge on any atom is -0.366 e. The lowest BCUT2D eigenvalue weighted by molar-refractivity contribution is 0.1000. The standard InChI is InChI=1S/C17H23N3OS/c1-17(2,3)16-20-14(11-22-16)10-19-8-7-12-5-4-6-13(9-12)15(18)21/h4-6,9,11,19H,7-8,10H2,1-3H3,(H2,18,21). The summed E-state index contributed by atoms with van der Waals surface area (Å²) in [5.74, 6) is -0.382. The molecule has 5 heteroatoms. The number of carbonyl (C=O) groups is 1. The van der Waals surface area contributed by atoms with Crippen molar-refractivity contribution in [2.75, 3.05) is 6.54 Å². The third-order valence-electron chi connectivity index (χ3n) is 3.30. The second-order valence-corrected chi connectivity index (χ2v) is 7.24. The highest BCUT2D eigenvalue weighted by Gasteiger charge is 2.17. The molecular weight excluding hydrogens is 294 g/mol. The van der Waals surface area contributed by atoms with Crippen LogP contribution in [0.5, 0.6) is 0 Å². The first-order chi connectivity index (χ1) is 10.4. The lowest BCUT2D eigenvalue weighted by atomic mass is 9.98.